The number of halogens is 2. The molecule has 0 saturated carbocycles. The van der Waals surface area contributed by atoms with E-state index in [1.807, 2.05) is 0 Å². The van der Waals surface area contributed by atoms with Gasteiger partial charge in [0.05, 0.1) is 31.5 Å². The van der Waals surface area contributed by atoms with Crippen molar-refractivity contribution in [2.24, 2.45) is 0 Å². The van der Waals surface area contributed by atoms with Crippen LogP contribution in [0.5, 0.6) is 0 Å². The van der Waals surface area contributed by atoms with E-state index in [-0.39, 0.29) is 18.8 Å². The van der Waals surface area contributed by atoms with Gasteiger partial charge in [0.25, 0.3) is 0 Å². The molecule has 6 nitrogen and oxygen atoms in total. The number of carbonyl (C=O) groups excluding carboxylic acids is 1. The zero-order chi connectivity index (χ0) is 19.0. The number of hydrogen-bond acceptors (Lipinski definition) is 5. The van der Waals surface area contributed by atoms with Crippen LogP contribution in [-0.2, 0) is 18.0 Å². The van der Waals surface area contributed by atoms with Crippen LogP contribution < -0.4 is 0 Å². The van der Waals surface area contributed by atoms with Crippen LogP contribution in [0.4, 0.5) is 8.78 Å². The summed E-state index contributed by atoms with van der Waals surface area (Å²) in [7, 11) is 1.17. The van der Waals surface area contributed by atoms with E-state index in [0.29, 0.717) is 11.1 Å². The molecule has 0 saturated heterocycles. The molecule has 0 unspecified atom stereocenters. The lowest BCUT2D eigenvalue weighted by Gasteiger charge is -2.02. The van der Waals surface area contributed by atoms with E-state index in [2.05, 4.69) is 4.74 Å². The number of aliphatic hydroxyl groups is 2. The van der Waals surface area contributed by atoms with Gasteiger partial charge in [0.2, 0.25) is 0 Å². The number of carboxylic acid groups (broad SMARTS) is 1. The molecule has 2 rings (SSSR count). The number of aliphatic hydroxyl groups excluding tert-OH is 2. The van der Waals surface area contributed by atoms with Gasteiger partial charge in [0.15, 0.2) is 0 Å². The summed E-state index contributed by atoms with van der Waals surface area (Å²) in [4.78, 5) is 21.3. The first-order valence-corrected chi connectivity index (χ1v) is 6.94. The molecule has 0 bridgehead atoms. The topological polar surface area (TPSA) is 104 Å². The highest BCUT2D eigenvalue weighted by atomic mass is 19.1. The SMILES string of the molecule is COC(=O)c1cc(CO)ccc1F.O=C(O)c1cc(CO)ccc1F. The zero-order valence-electron chi connectivity index (χ0n) is 13.2. The Hall–Kier alpha value is -2.84. The molecule has 0 heterocycles. The smallest absolute Gasteiger partial charge is 0.340 e. The van der Waals surface area contributed by atoms with Gasteiger partial charge in [-0.2, -0.15) is 0 Å². The fourth-order valence-corrected chi connectivity index (χ4v) is 1.77. The Morgan fingerprint density at radius 2 is 1.36 bits per heavy atom. The molecular weight excluding hydrogens is 338 g/mol. The predicted octanol–water partition coefficient (Wildman–Crippen LogP) is 2.12. The van der Waals surface area contributed by atoms with Gasteiger partial charge in [-0.15, -0.1) is 0 Å². The number of ether oxygens (including phenoxy) is 1. The monoisotopic (exact) mass is 354 g/mol. The average Bonchev–Trinajstić information content (AvgIpc) is 2.62. The first-order chi connectivity index (χ1) is 11.8. The summed E-state index contributed by atoms with van der Waals surface area (Å²) in [5.74, 6) is -3.51. The maximum absolute atomic E-state index is 13.0. The number of methoxy groups -OCH3 is 1. The van der Waals surface area contributed by atoms with Gasteiger partial charge in [-0.25, -0.2) is 18.4 Å². The molecule has 0 aliphatic heterocycles. The Morgan fingerprint density at radius 1 is 0.920 bits per heavy atom. The van der Waals surface area contributed by atoms with E-state index in [4.69, 9.17) is 15.3 Å². The summed E-state index contributed by atoms with van der Waals surface area (Å²) in [5, 5.41) is 25.8. The number of aromatic carboxylic acids is 1. The summed E-state index contributed by atoms with van der Waals surface area (Å²) in [6.45, 7) is -0.523. The van der Waals surface area contributed by atoms with E-state index in [1.165, 1.54) is 25.3 Å². The van der Waals surface area contributed by atoms with Crippen molar-refractivity contribution in [3.8, 4) is 0 Å². The molecule has 3 N–H and O–H groups in total. The zero-order valence-corrected chi connectivity index (χ0v) is 13.2. The van der Waals surface area contributed by atoms with Crippen molar-refractivity contribution < 1.29 is 38.4 Å². The Labute approximate surface area is 141 Å². The molecule has 0 spiro atoms. The Morgan fingerprint density at radius 3 is 1.76 bits per heavy atom. The highest BCUT2D eigenvalue weighted by Crippen LogP contribution is 2.12. The molecular formula is C17H16F2O6. The number of benzene rings is 2. The standard InChI is InChI=1S/C9H9FO3.C8H7FO3/c1-13-9(12)7-4-6(5-11)2-3-8(7)10;9-7-2-1-5(4-10)3-6(7)8(11)12/h2-4,11H,5H2,1H3;1-3,10H,4H2,(H,11,12). The summed E-state index contributed by atoms with van der Waals surface area (Å²) >= 11 is 0. The summed E-state index contributed by atoms with van der Waals surface area (Å²) in [6.07, 6.45) is 0. The van der Waals surface area contributed by atoms with Gasteiger partial charge < -0.3 is 20.1 Å². The Bertz CT molecular complexity index is 761. The minimum atomic E-state index is -1.33. The van der Waals surface area contributed by atoms with Crippen LogP contribution in [-0.4, -0.2) is 34.4 Å². The van der Waals surface area contributed by atoms with Gasteiger partial charge in [0.1, 0.15) is 11.6 Å². The first kappa shape index (κ1) is 20.2. The van der Waals surface area contributed by atoms with Gasteiger partial charge in [-0.1, -0.05) is 12.1 Å². The second-order valence-corrected chi connectivity index (χ2v) is 4.74. The van der Waals surface area contributed by atoms with Crippen molar-refractivity contribution >= 4 is 11.9 Å². The fraction of sp³-hybridized carbons (Fsp3) is 0.176. The summed E-state index contributed by atoms with van der Waals surface area (Å²) in [6, 6.07) is 7.26. The highest BCUT2D eigenvalue weighted by Gasteiger charge is 2.12. The number of esters is 1. The predicted molar refractivity (Wildman–Crippen MR) is 82.9 cm³/mol. The van der Waals surface area contributed by atoms with Crippen LogP contribution >= 0.6 is 0 Å². The van der Waals surface area contributed by atoms with Gasteiger partial charge in [-0.3, -0.25) is 0 Å². The number of carbonyl (C=O) groups is 2. The maximum atomic E-state index is 13.0. The van der Waals surface area contributed by atoms with Crippen LogP contribution in [0.15, 0.2) is 36.4 Å². The van der Waals surface area contributed by atoms with Crippen molar-refractivity contribution in [1.29, 1.82) is 0 Å². The molecule has 0 radical (unpaired) electrons. The normalized spacial score (nSPS) is 9.80. The quantitative estimate of drug-likeness (QED) is 0.727. The molecule has 0 aliphatic carbocycles. The molecule has 0 aromatic heterocycles. The summed E-state index contributed by atoms with van der Waals surface area (Å²) < 4.78 is 30.0. The second-order valence-electron chi connectivity index (χ2n) is 4.74. The van der Waals surface area contributed by atoms with E-state index in [1.54, 1.807) is 0 Å². The molecule has 0 atom stereocenters. The largest absolute Gasteiger partial charge is 0.478 e. The third-order valence-corrected chi connectivity index (χ3v) is 3.06. The Balaban J connectivity index is 0.000000251. The van der Waals surface area contributed by atoms with Crippen molar-refractivity contribution in [3.05, 3.63) is 70.3 Å². The Kier molecular flexibility index (Phi) is 7.64. The van der Waals surface area contributed by atoms with E-state index >= 15 is 0 Å². The van der Waals surface area contributed by atoms with Crippen LogP contribution in [0, 0.1) is 11.6 Å². The number of rotatable bonds is 4. The molecule has 2 aromatic carbocycles. The molecule has 2 aromatic rings. The van der Waals surface area contributed by atoms with E-state index < -0.39 is 29.1 Å². The molecule has 0 amide bonds. The van der Waals surface area contributed by atoms with Crippen molar-refractivity contribution in [2.45, 2.75) is 13.2 Å². The van der Waals surface area contributed by atoms with Crippen molar-refractivity contribution in [2.75, 3.05) is 7.11 Å². The molecule has 25 heavy (non-hydrogen) atoms. The second kappa shape index (κ2) is 9.45. The molecule has 8 heteroatoms. The van der Waals surface area contributed by atoms with Crippen molar-refractivity contribution in [3.63, 3.8) is 0 Å². The lowest BCUT2D eigenvalue weighted by molar-refractivity contribution is 0.0594. The minimum absolute atomic E-state index is 0.158. The molecule has 134 valence electrons. The maximum Gasteiger partial charge on any atom is 0.340 e. The molecule has 0 fully saturated rings. The van der Waals surface area contributed by atoms with Crippen LogP contribution in [0.2, 0.25) is 0 Å². The van der Waals surface area contributed by atoms with Gasteiger partial charge >= 0.3 is 11.9 Å². The van der Waals surface area contributed by atoms with Crippen LogP contribution in [0.25, 0.3) is 0 Å². The highest BCUT2D eigenvalue weighted by molar-refractivity contribution is 5.89. The molecule has 0 aliphatic rings. The number of hydrogen-bond donors (Lipinski definition) is 3. The third kappa shape index (κ3) is 5.63. The average molecular weight is 354 g/mol. The van der Waals surface area contributed by atoms with Crippen LogP contribution in [0.1, 0.15) is 31.8 Å². The van der Waals surface area contributed by atoms with Gasteiger partial charge in [0, 0.05) is 0 Å². The third-order valence-electron chi connectivity index (χ3n) is 3.06. The lowest BCUT2D eigenvalue weighted by atomic mass is 10.1. The van der Waals surface area contributed by atoms with Crippen LogP contribution in [0.3, 0.4) is 0 Å². The number of carboxylic acids is 1. The van der Waals surface area contributed by atoms with Crippen molar-refractivity contribution in [1.82, 2.24) is 0 Å². The first-order valence-electron chi connectivity index (χ1n) is 6.94. The minimum Gasteiger partial charge on any atom is -0.478 e. The fourth-order valence-electron chi connectivity index (χ4n) is 1.77. The van der Waals surface area contributed by atoms with E-state index in [0.717, 1.165) is 18.2 Å². The lowest BCUT2D eigenvalue weighted by Crippen LogP contribution is -2.05. The van der Waals surface area contributed by atoms with E-state index in [9.17, 15) is 18.4 Å². The van der Waals surface area contributed by atoms with Gasteiger partial charge in [-0.05, 0) is 35.4 Å². The summed E-state index contributed by atoms with van der Waals surface area (Å²) in [5.41, 5.74) is 0.284.